The maximum Gasteiger partial charge on any atom is 0.335 e. The normalized spacial score (nSPS) is 18.9. The number of H-pyrrole nitrogens is 1. The number of likely N-dealkylation sites (tertiary alicyclic amines) is 1. The summed E-state index contributed by atoms with van der Waals surface area (Å²) in [7, 11) is 0. The number of benzene rings is 1. The molecule has 5 heteroatoms. The molecule has 0 amide bonds. The lowest BCUT2D eigenvalue weighted by atomic mass is 9.92. The van der Waals surface area contributed by atoms with E-state index in [-0.39, 0.29) is 0 Å². The van der Waals surface area contributed by atoms with E-state index in [4.69, 9.17) is 5.11 Å². The zero-order chi connectivity index (χ0) is 16.2. The molecule has 1 saturated heterocycles. The highest BCUT2D eigenvalue weighted by Gasteiger charge is 2.21. The number of carbonyl (C=O) groups is 1. The highest BCUT2D eigenvalue weighted by atomic mass is 16.4. The number of aromatic carboxylic acids is 1. The van der Waals surface area contributed by atoms with Crippen molar-refractivity contribution in [3.63, 3.8) is 0 Å². The average molecular weight is 313 g/mol. The second-order valence-electron chi connectivity index (χ2n) is 6.48. The van der Waals surface area contributed by atoms with E-state index in [1.165, 1.54) is 24.1 Å². The Bertz CT molecular complexity index is 680. The number of aromatic amines is 1. The molecule has 0 bridgehead atoms. The molecule has 1 fully saturated rings. The third kappa shape index (κ3) is 3.99. The van der Waals surface area contributed by atoms with Gasteiger partial charge >= 0.3 is 5.97 Å². The van der Waals surface area contributed by atoms with Gasteiger partial charge in [0.25, 0.3) is 0 Å². The zero-order valence-corrected chi connectivity index (χ0v) is 13.5. The molecular formula is C18H23N3O2. The highest BCUT2D eigenvalue weighted by Crippen LogP contribution is 2.22. The fraction of sp³-hybridized carbons (Fsp3) is 0.444. The van der Waals surface area contributed by atoms with Crippen LogP contribution < -0.4 is 0 Å². The molecular weight excluding hydrogens is 290 g/mol. The SMILES string of the molecule is Cc1cn[nH]c1C[C@@H]1CCCN(Cc2cccc(C(=O)O)c2)C1. The molecule has 0 spiro atoms. The quantitative estimate of drug-likeness (QED) is 0.890. The lowest BCUT2D eigenvalue weighted by Crippen LogP contribution is -2.35. The van der Waals surface area contributed by atoms with Gasteiger partial charge in [0, 0.05) is 18.8 Å². The summed E-state index contributed by atoms with van der Waals surface area (Å²) in [4.78, 5) is 13.5. The van der Waals surface area contributed by atoms with Crippen molar-refractivity contribution in [2.24, 2.45) is 5.92 Å². The minimum atomic E-state index is -0.863. The van der Waals surface area contributed by atoms with Gasteiger partial charge in [-0.15, -0.1) is 0 Å². The van der Waals surface area contributed by atoms with Crippen LogP contribution in [0.5, 0.6) is 0 Å². The molecule has 23 heavy (non-hydrogen) atoms. The Hall–Kier alpha value is -2.14. The van der Waals surface area contributed by atoms with E-state index in [2.05, 4.69) is 22.0 Å². The number of aromatic nitrogens is 2. The molecule has 1 aromatic heterocycles. The van der Waals surface area contributed by atoms with E-state index >= 15 is 0 Å². The zero-order valence-electron chi connectivity index (χ0n) is 13.5. The Labute approximate surface area is 136 Å². The lowest BCUT2D eigenvalue weighted by Gasteiger charge is -2.32. The second-order valence-corrected chi connectivity index (χ2v) is 6.48. The number of nitrogens with one attached hydrogen (secondary N) is 1. The van der Waals surface area contributed by atoms with E-state index in [9.17, 15) is 4.79 Å². The van der Waals surface area contributed by atoms with Crippen molar-refractivity contribution >= 4 is 5.97 Å². The number of carboxylic acid groups (broad SMARTS) is 1. The molecule has 1 atom stereocenters. The van der Waals surface area contributed by atoms with Crippen molar-refractivity contribution in [2.45, 2.75) is 32.7 Å². The predicted molar refractivity (Wildman–Crippen MR) is 88.4 cm³/mol. The molecule has 0 saturated carbocycles. The molecule has 1 aliphatic rings. The van der Waals surface area contributed by atoms with E-state index in [1.54, 1.807) is 12.1 Å². The van der Waals surface area contributed by atoms with Crippen LogP contribution in [0.2, 0.25) is 0 Å². The molecule has 2 heterocycles. The van der Waals surface area contributed by atoms with Crippen LogP contribution in [-0.2, 0) is 13.0 Å². The van der Waals surface area contributed by atoms with Gasteiger partial charge in [-0.05, 0) is 61.9 Å². The number of piperidine rings is 1. The second kappa shape index (κ2) is 6.96. The van der Waals surface area contributed by atoms with Crippen LogP contribution in [0.25, 0.3) is 0 Å². The third-order valence-electron chi connectivity index (χ3n) is 4.61. The van der Waals surface area contributed by atoms with Gasteiger partial charge < -0.3 is 5.11 Å². The number of rotatable bonds is 5. The van der Waals surface area contributed by atoms with E-state index < -0.39 is 5.97 Å². The molecule has 1 aliphatic heterocycles. The molecule has 2 N–H and O–H groups in total. The summed E-state index contributed by atoms with van der Waals surface area (Å²) in [6, 6.07) is 7.26. The molecule has 0 unspecified atom stereocenters. The van der Waals surface area contributed by atoms with Gasteiger partial charge in [-0.25, -0.2) is 4.79 Å². The Morgan fingerprint density at radius 3 is 3.09 bits per heavy atom. The van der Waals surface area contributed by atoms with Crippen LogP contribution in [-0.4, -0.2) is 39.3 Å². The summed E-state index contributed by atoms with van der Waals surface area (Å²) < 4.78 is 0. The lowest BCUT2D eigenvalue weighted by molar-refractivity contribution is 0.0696. The Balaban J connectivity index is 1.61. The monoisotopic (exact) mass is 313 g/mol. The fourth-order valence-electron chi connectivity index (χ4n) is 3.39. The van der Waals surface area contributed by atoms with Crippen LogP contribution in [0.1, 0.15) is 40.0 Å². The van der Waals surface area contributed by atoms with Crippen LogP contribution in [0, 0.1) is 12.8 Å². The molecule has 2 aromatic rings. The molecule has 3 rings (SSSR count). The summed E-state index contributed by atoms with van der Waals surface area (Å²) in [6.45, 7) is 5.04. The summed E-state index contributed by atoms with van der Waals surface area (Å²) >= 11 is 0. The minimum absolute atomic E-state index is 0.365. The number of hydrogen-bond acceptors (Lipinski definition) is 3. The van der Waals surface area contributed by atoms with Crippen LogP contribution in [0.15, 0.2) is 30.5 Å². The number of carboxylic acids is 1. The van der Waals surface area contributed by atoms with Gasteiger partial charge in [0.15, 0.2) is 0 Å². The first kappa shape index (κ1) is 15.7. The van der Waals surface area contributed by atoms with E-state index in [1.807, 2.05) is 18.3 Å². The Kier molecular flexibility index (Phi) is 4.76. The first-order valence-corrected chi connectivity index (χ1v) is 8.15. The maximum absolute atomic E-state index is 11.1. The Morgan fingerprint density at radius 2 is 2.35 bits per heavy atom. The minimum Gasteiger partial charge on any atom is -0.478 e. The van der Waals surface area contributed by atoms with Crippen LogP contribution in [0.4, 0.5) is 0 Å². The first-order valence-electron chi connectivity index (χ1n) is 8.15. The summed E-state index contributed by atoms with van der Waals surface area (Å²) in [5.41, 5.74) is 3.91. The topological polar surface area (TPSA) is 69.2 Å². The van der Waals surface area contributed by atoms with Crippen molar-refractivity contribution in [3.8, 4) is 0 Å². The predicted octanol–water partition coefficient (Wildman–Crippen LogP) is 2.87. The van der Waals surface area contributed by atoms with E-state index in [0.717, 1.165) is 31.6 Å². The van der Waals surface area contributed by atoms with Gasteiger partial charge in [0.2, 0.25) is 0 Å². The third-order valence-corrected chi connectivity index (χ3v) is 4.61. The fourth-order valence-corrected chi connectivity index (χ4v) is 3.39. The van der Waals surface area contributed by atoms with Crippen molar-refractivity contribution in [1.29, 1.82) is 0 Å². The van der Waals surface area contributed by atoms with Crippen molar-refractivity contribution in [1.82, 2.24) is 15.1 Å². The average Bonchev–Trinajstić information content (AvgIpc) is 2.93. The summed E-state index contributed by atoms with van der Waals surface area (Å²) in [5, 5.41) is 16.3. The van der Waals surface area contributed by atoms with E-state index in [0.29, 0.717) is 11.5 Å². The molecule has 0 aliphatic carbocycles. The van der Waals surface area contributed by atoms with Gasteiger partial charge in [0.05, 0.1) is 11.8 Å². The standard InChI is InChI=1S/C18H23N3O2/c1-13-10-19-20-17(13)9-15-5-3-7-21(12-15)11-14-4-2-6-16(8-14)18(22)23/h2,4,6,8,10,15H,3,5,7,9,11-12H2,1H3,(H,19,20)(H,22,23)/t15-/m0/s1. The summed E-state index contributed by atoms with van der Waals surface area (Å²) in [6.07, 6.45) is 5.35. The van der Waals surface area contributed by atoms with Crippen LogP contribution in [0.3, 0.4) is 0 Å². The Morgan fingerprint density at radius 1 is 1.48 bits per heavy atom. The number of aryl methyl sites for hydroxylation is 1. The maximum atomic E-state index is 11.1. The van der Waals surface area contributed by atoms with Crippen molar-refractivity contribution in [2.75, 3.05) is 13.1 Å². The number of hydrogen-bond donors (Lipinski definition) is 2. The van der Waals surface area contributed by atoms with Crippen molar-refractivity contribution in [3.05, 3.63) is 52.8 Å². The largest absolute Gasteiger partial charge is 0.478 e. The van der Waals surface area contributed by atoms with Crippen molar-refractivity contribution < 1.29 is 9.90 Å². The number of nitrogens with zero attached hydrogens (tertiary/aromatic N) is 2. The van der Waals surface area contributed by atoms with Gasteiger partial charge in [0.1, 0.15) is 0 Å². The van der Waals surface area contributed by atoms with Gasteiger partial charge in [-0.2, -0.15) is 5.10 Å². The van der Waals surface area contributed by atoms with Gasteiger partial charge in [-0.3, -0.25) is 10.00 Å². The molecule has 5 nitrogen and oxygen atoms in total. The highest BCUT2D eigenvalue weighted by molar-refractivity contribution is 5.87. The smallest absolute Gasteiger partial charge is 0.335 e. The van der Waals surface area contributed by atoms with Gasteiger partial charge in [-0.1, -0.05) is 12.1 Å². The molecule has 0 radical (unpaired) electrons. The molecule has 122 valence electrons. The molecule has 1 aromatic carbocycles. The first-order chi connectivity index (χ1) is 11.1. The summed E-state index contributed by atoms with van der Waals surface area (Å²) in [5.74, 6) is -0.233. The van der Waals surface area contributed by atoms with Crippen LogP contribution >= 0.6 is 0 Å².